The van der Waals surface area contributed by atoms with Crippen molar-refractivity contribution in [3.63, 3.8) is 0 Å². The molecule has 1 heterocycles. The van der Waals surface area contributed by atoms with Crippen molar-refractivity contribution in [2.75, 3.05) is 31.6 Å². The molecular weight excluding hydrogens is 370 g/mol. The number of hydrogen-bond acceptors (Lipinski definition) is 6. The maximum absolute atomic E-state index is 12.8. The van der Waals surface area contributed by atoms with Gasteiger partial charge in [-0.15, -0.1) is 0 Å². The first-order valence-electron chi connectivity index (χ1n) is 9.30. The average molecular weight is 400 g/mol. The van der Waals surface area contributed by atoms with Gasteiger partial charge in [0.2, 0.25) is 10.0 Å². The minimum absolute atomic E-state index is 0.108. The Balaban J connectivity index is 2.29. The average Bonchev–Trinajstić information content (AvgIpc) is 3.13. The molecule has 1 saturated heterocycles. The van der Waals surface area contributed by atoms with Gasteiger partial charge < -0.3 is 20.5 Å². The second kappa shape index (κ2) is 9.50. The predicted octanol–water partition coefficient (Wildman–Crippen LogP) is 1.56. The van der Waals surface area contributed by atoms with Crippen molar-refractivity contribution in [1.82, 2.24) is 4.31 Å². The van der Waals surface area contributed by atoms with Crippen LogP contribution in [-0.4, -0.2) is 57.1 Å². The summed E-state index contributed by atoms with van der Waals surface area (Å²) in [5.74, 6) is 0.0852. The number of carbonyl (C=O) groups is 1. The van der Waals surface area contributed by atoms with E-state index < -0.39 is 16.1 Å². The third-order valence-electron chi connectivity index (χ3n) is 4.51. The highest BCUT2D eigenvalue weighted by Crippen LogP contribution is 2.30. The third kappa shape index (κ3) is 4.98. The fourth-order valence-electron chi connectivity index (χ4n) is 3.05. The molecule has 0 spiro atoms. The second-order valence-electron chi connectivity index (χ2n) is 6.23. The van der Waals surface area contributed by atoms with Crippen LogP contribution in [0.1, 0.15) is 33.6 Å². The first-order chi connectivity index (χ1) is 12.9. The van der Waals surface area contributed by atoms with Gasteiger partial charge >= 0.3 is 0 Å². The van der Waals surface area contributed by atoms with Gasteiger partial charge in [-0.25, -0.2) is 8.42 Å². The SMILES string of the molecule is CCOc1ccc(S(=O)(=O)N(CC)CC)cc1NC(=O)[C@@H]1CC[C@H](CN)O1. The van der Waals surface area contributed by atoms with Gasteiger partial charge in [0, 0.05) is 19.6 Å². The highest BCUT2D eigenvalue weighted by molar-refractivity contribution is 7.89. The van der Waals surface area contributed by atoms with Crippen LogP contribution in [0.5, 0.6) is 5.75 Å². The molecule has 1 amide bonds. The topological polar surface area (TPSA) is 111 Å². The van der Waals surface area contributed by atoms with Crippen LogP contribution < -0.4 is 15.8 Å². The van der Waals surface area contributed by atoms with Gasteiger partial charge in [-0.2, -0.15) is 4.31 Å². The van der Waals surface area contributed by atoms with Crippen LogP contribution >= 0.6 is 0 Å². The van der Waals surface area contributed by atoms with Gasteiger partial charge in [-0.05, 0) is 38.0 Å². The molecule has 0 radical (unpaired) electrons. The number of nitrogens with two attached hydrogens (primary N) is 1. The number of sulfonamides is 1. The van der Waals surface area contributed by atoms with Crippen molar-refractivity contribution in [1.29, 1.82) is 0 Å². The van der Waals surface area contributed by atoms with Crippen molar-refractivity contribution in [3.05, 3.63) is 18.2 Å². The maximum Gasteiger partial charge on any atom is 0.253 e. The number of rotatable bonds is 9. The van der Waals surface area contributed by atoms with Crippen LogP contribution in [0.2, 0.25) is 0 Å². The fourth-order valence-corrected chi connectivity index (χ4v) is 4.53. The highest BCUT2D eigenvalue weighted by atomic mass is 32.2. The van der Waals surface area contributed by atoms with Gasteiger partial charge in [0.25, 0.3) is 5.91 Å². The van der Waals surface area contributed by atoms with E-state index in [1.807, 2.05) is 6.92 Å². The number of benzene rings is 1. The third-order valence-corrected chi connectivity index (χ3v) is 6.56. The molecule has 2 atom stereocenters. The Bertz CT molecular complexity index is 749. The molecule has 1 aromatic rings. The Hall–Kier alpha value is -1.68. The lowest BCUT2D eigenvalue weighted by Crippen LogP contribution is -2.31. The van der Waals surface area contributed by atoms with Gasteiger partial charge in [-0.1, -0.05) is 13.8 Å². The van der Waals surface area contributed by atoms with Gasteiger partial charge in [0.15, 0.2) is 0 Å². The monoisotopic (exact) mass is 399 g/mol. The molecule has 0 bridgehead atoms. The zero-order chi connectivity index (χ0) is 20.0. The number of amides is 1. The Morgan fingerprint density at radius 3 is 2.56 bits per heavy atom. The molecule has 1 aromatic carbocycles. The minimum Gasteiger partial charge on any atom is -0.492 e. The van der Waals surface area contributed by atoms with Crippen LogP contribution in [0.3, 0.4) is 0 Å². The molecule has 1 aliphatic rings. The summed E-state index contributed by atoms with van der Waals surface area (Å²) in [5, 5.41) is 2.76. The van der Waals surface area contributed by atoms with Gasteiger partial charge in [0.05, 0.1) is 23.3 Å². The molecule has 0 aliphatic carbocycles. The predicted molar refractivity (Wildman–Crippen MR) is 103 cm³/mol. The van der Waals surface area contributed by atoms with Crippen LogP contribution in [0.4, 0.5) is 5.69 Å². The van der Waals surface area contributed by atoms with E-state index in [2.05, 4.69) is 5.32 Å². The van der Waals surface area contributed by atoms with E-state index in [4.69, 9.17) is 15.2 Å². The van der Waals surface area contributed by atoms with Crippen LogP contribution in [-0.2, 0) is 19.6 Å². The van der Waals surface area contributed by atoms with E-state index in [1.54, 1.807) is 19.9 Å². The Morgan fingerprint density at radius 1 is 1.30 bits per heavy atom. The zero-order valence-electron chi connectivity index (χ0n) is 16.1. The van der Waals surface area contributed by atoms with Crippen molar-refractivity contribution in [2.45, 2.75) is 50.7 Å². The first kappa shape index (κ1) is 21.6. The van der Waals surface area contributed by atoms with Crippen LogP contribution in [0.15, 0.2) is 23.1 Å². The summed E-state index contributed by atoms with van der Waals surface area (Å²) in [6, 6.07) is 4.49. The van der Waals surface area contributed by atoms with Crippen molar-refractivity contribution in [3.8, 4) is 5.75 Å². The lowest BCUT2D eigenvalue weighted by Gasteiger charge is -2.20. The summed E-state index contributed by atoms with van der Waals surface area (Å²) in [6.07, 6.45) is 0.579. The normalized spacial score (nSPS) is 20.0. The van der Waals surface area contributed by atoms with Gasteiger partial charge in [-0.3, -0.25) is 4.79 Å². The van der Waals surface area contributed by atoms with E-state index in [0.717, 1.165) is 6.42 Å². The molecule has 2 rings (SSSR count). The molecule has 152 valence electrons. The number of nitrogens with zero attached hydrogens (tertiary/aromatic N) is 1. The summed E-state index contributed by atoms with van der Waals surface area (Å²) in [7, 11) is -3.64. The lowest BCUT2D eigenvalue weighted by molar-refractivity contribution is -0.126. The first-order valence-corrected chi connectivity index (χ1v) is 10.7. The Kier molecular flexibility index (Phi) is 7.60. The molecule has 0 saturated carbocycles. The maximum atomic E-state index is 12.8. The Labute approximate surface area is 161 Å². The molecule has 8 nitrogen and oxygen atoms in total. The number of carbonyl (C=O) groups excluding carboxylic acids is 1. The molecule has 0 aromatic heterocycles. The summed E-state index contributed by atoms with van der Waals surface area (Å²) in [4.78, 5) is 12.7. The van der Waals surface area contributed by atoms with Crippen molar-refractivity contribution in [2.24, 2.45) is 5.73 Å². The summed E-state index contributed by atoms with van der Waals surface area (Å²) < 4.78 is 38.1. The second-order valence-corrected chi connectivity index (χ2v) is 8.17. The number of nitrogens with one attached hydrogen (secondary N) is 1. The zero-order valence-corrected chi connectivity index (χ0v) is 16.9. The molecule has 9 heteroatoms. The van der Waals surface area contributed by atoms with E-state index in [0.29, 0.717) is 44.1 Å². The fraction of sp³-hybridized carbons (Fsp3) is 0.611. The number of anilines is 1. The van der Waals surface area contributed by atoms with E-state index in [1.165, 1.54) is 16.4 Å². The number of hydrogen-bond donors (Lipinski definition) is 2. The highest BCUT2D eigenvalue weighted by Gasteiger charge is 2.31. The summed E-state index contributed by atoms with van der Waals surface area (Å²) >= 11 is 0. The van der Waals surface area contributed by atoms with Crippen LogP contribution in [0, 0.1) is 0 Å². The number of ether oxygens (including phenoxy) is 2. The molecule has 1 fully saturated rings. The largest absolute Gasteiger partial charge is 0.492 e. The summed E-state index contributed by atoms with van der Waals surface area (Å²) in [5.41, 5.74) is 5.90. The lowest BCUT2D eigenvalue weighted by atomic mass is 10.2. The van der Waals surface area contributed by atoms with E-state index in [-0.39, 0.29) is 16.9 Å². The van der Waals surface area contributed by atoms with Crippen molar-refractivity contribution >= 4 is 21.6 Å². The summed E-state index contributed by atoms with van der Waals surface area (Å²) in [6.45, 7) is 6.87. The molecular formula is C18H29N3O5S. The Morgan fingerprint density at radius 2 is 2.00 bits per heavy atom. The standard InChI is InChI=1S/C18H29N3O5S/c1-4-21(5-2)27(23,24)14-8-10-16(25-6-3)15(11-14)20-18(22)17-9-7-13(12-19)26-17/h8,10-11,13,17H,4-7,9,12,19H2,1-3H3,(H,20,22)/t13-,17+/m1/s1. The molecule has 3 N–H and O–H groups in total. The molecule has 0 unspecified atom stereocenters. The van der Waals surface area contributed by atoms with Crippen LogP contribution in [0.25, 0.3) is 0 Å². The van der Waals surface area contributed by atoms with Gasteiger partial charge in [0.1, 0.15) is 11.9 Å². The quantitative estimate of drug-likeness (QED) is 0.652. The molecule has 1 aliphatic heterocycles. The van der Waals surface area contributed by atoms with E-state index >= 15 is 0 Å². The van der Waals surface area contributed by atoms with E-state index in [9.17, 15) is 13.2 Å². The minimum atomic E-state index is -3.64. The smallest absolute Gasteiger partial charge is 0.253 e. The van der Waals surface area contributed by atoms with Crippen molar-refractivity contribution < 1.29 is 22.7 Å². The molecule has 27 heavy (non-hydrogen) atoms.